The second-order valence-electron chi connectivity index (χ2n) is 6.47. The van der Waals surface area contributed by atoms with Gasteiger partial charge in [-0.05, 0) is 25.5 Å². The lowest BCUT2D eigenvalue weighted by Crippen LogP contribution is -2.37. The van der Waals surface area contributed by atoms with Gasteiger partial charge in [0, 0.05) is 31.5 Å². The molecule has 0 radical (unpaired) electrons. The van der Waals surface area contributed by atoms with Crippen LogP contribution in [0.2, 0.25) is 0 Å². The molecule has 0 bridgehead atoms. The SMILES string of the molecule is CC(Nc1ncnc2c1CCN(C(=O)c1cccnc1)C2)c1ncnn1C. The van der Waals surface area contributed by atoms with Gasteiger partial charge >= 0.3 is 0 Å². The van der Waals surface area contributed by atoms with E-state index < -0.39 is 0 Å². The van der Waals surface area contributed by atoms with Gasteiger partial charge in [0.2, 0.25) is 0 Å². The highest BCUT2D eigenvalue weighted by atomic mass is 16.2. The zero-order valence-electron chi connectivity index (χ0n) is 15.2. The number of amides is 1. The van der Waals surface area contributed by atoms with Gasteiger partial charge < -0.3 is 10.2 Å². The highest BCUT2D eigenvalue weighted by Crippen LogP contribution is 2.26. The Morgan fingerprint density at radius 1 is 1.26 bits per heavy atom. The van der Waals surface area contributed by atoms with Crippen LogP contribution in [0.3, 0.4) is 0 Å². The van der Waals surface area contributed by atoms with E-state index in [0.717, 1.165) is 22.9 Å². The molecule has 1 aliphatic heterocycles. The lowest BCUT2D eigenvalue weighted by atomic mass is 10.0. The Hall–Kier alpha value is -3.36. The molecule has 0 aromatic carbocycles. The number of aromatic nitrogens is 6. The monoisotopic (exact) mass is 364 g/mol. The fraction of sp³-hybridized carbons (Fsp3) is 0.333. The standard InChI is InChI=1S/C18H20N8O/c1-12(17-22-11-23-25(17)2)24-16-14-5-7-26(9-15(14)20-10-21-16)18(27)13-4-3-6-19-8-13/h3-4,6,8,10-12H,5,7,9H2,1-2H3,(H,20,21,24). The molecule has 9 nitrogen and oxygen atoms in total. The predicted octanol–water partition coefficient (Wildman–Crippen LogP) is 1.37. The minimum absolute atomic E-state index is 0.0330. The van der Waals surface area contributed by atoms with Crippen LogP contribution in [0.1, 0.15) is 40.4 Å². The molecule has 27 heavy (non-hydrogen) atoms. The van der Waals surface area contributed by atoms with Crippen LogP contribution in [0.5, 0.6) is 0 Å². The molecule has 9 heteroatoms. The van der Waals surface area contributed by atoms with Crippen molar-refractivity contribution >= 4 is 11.7 Å². The molecule has 3 aromatic rings. The Morgan fingerprint density at radius 3 is 2.89 bits per heavy atom. The van der Waals surface area contributed by atoms with Crippen molar-refractivity contribution in [3.05, 3.63) is 59.8 Å². The van der Waals surface area contributed by atoms with Crippen LogP contribution < -0.4 is 5.32 Å². The number of nitrogens with zero attached hydrogens (tertiary/aromatic N) is 7. The number of carbonyl (C=O) groups is 1. The molecular formula is C18H20N8O. The van der Waals surface area contributed by atoms with Crippen LogP contribution >= 0.6 is 0 Å². The maximum absolute atomic E-state index is 12.7. The topological polar surface area (TPSA) is 102 Å². The van der Waals surface area contributed by atoms with Gasteiger partial charge in [-0.1, -0.05) is 0 Å². The summed E-state index contributed by atoms with van der Waals surface area (Å²) in [4.78, 5) is 31.6. The lowest BCUT2D eigenvalue weighted by Gasteiger charge is -2.29. The molecule has 138 valence electrons. The first-order chi connectivity index (χ1) is 13.1. The molecule has 4 rings (SSSR count). The van der Waals surface area contributed by atoms with Crippen LogP contribution in [0.4, 0.5) is 5.82 Å². The van der Waals surface area contributed by atoms with Crippen molar-refractivity contribution in [3.8, 4) is 0 Å². The minimum atomic E-state index is -0.0495. The smallest absolute Gasteiger partial charge is 0.255 e. The molecule has 3 aromatic heterocycles. The molecule has 0 spiro atoms. The third kappa shape index (κ3) is 3.35. The molecule has 1 unspecified atom stereocenters. The van der Waals surface area contributed by atoms with E-state index in [2.05, 4.69) is 30.4 Å². The molecule has 1 aliphatic rings. The first-order valence-corrected chi connectivity index (χ1v) is 8.76. The second-order valence-corrected chi connectivity index (χ2v) is 6.47. The van der Waals surface area contributed by atoms with E-state index in [9.17, 15) is 4.79 Å². The van der Waals surface area contributed by atoms with Gasteiger partial charge in [-0.15, -0.1) is 0 Å². The fourth-order valence-corrected chi connectivity index (χ4v) is 3.29. The zero-order valence-corrected chi connectivity index (χ0v) is 15.2. The molecule has 0 fully saturated rings. The van der Waals surface area contributed by atoms with E-state index in [0.29, 0.717) is 25.1 Å². The van der Waals surface area contributed by atoms with Crippen molar-refractivity contribution in [1.29, 1.82) is 0 Å². The van der Waals surface area contributed by atoms with E-state index in [1.165, 1.54) is 12.7 Å². The number of pyridine rings is 1. The first kappa shape index (κ1) is 17.1. The summed E-state index contributed by atoms with van der Waals surface area (Å²) < 4.78 is 1.74. The number of hydrogen-bond acceptors (Lipinski definition) is 7. The number of hydrogen-bond donors (Lipinski definition) is 1. The van der Waals surface area contributed by atoms with Crippen molar-refractivity contribution < 1.29 is 4.79 Å². The predicted molar refractivity (Wildman–Crippen MR) is 97.8 cm³/mol. The van der Waals surface area contributed by atoms with Crippen LogP contribution in [0.25, 0.3) is 0 Å². The van der Waals surface area contributed by atoms with Gasteiger partial charge in [0.25, 0.3) is 5.91 Å². The highest BCUT2D eigenvalue weighted by Gasteiger charge is 2.26. The van der Waals surface area contributed by atoms with E-state index >= 15 is 0 Å². The third-order valence-corrected chi connectivity index (χ3v) is 4.69. The van der Waals surface area contributed by atoms with Gasteiger partial charge in [0.1, 0.15) is 24.3 Å². The van der Waals surface area contributed by atoms with Crippen LogP contribution in [-0.4, -0.2) is 47.1 Å². The summed E-state index contributed by atoms with van der Waals surface area (Å²) in [5.41, 5.74) is 2.49. The third-order valence-electron chi connectivity index (χ3n) is 4.69. The minimum Gasteiger partial charge on any atom is -0.360 e. The summed E-state index contributed by atoms with van der Waals surface area (Å²) in [5.74, 6) is 1.57. The maximum atomic E-state index is 12.7. The molecule has 1 atom stereocenters. The van der Waals surface area contributed by atoms with Gasteiger partial charge in [0.05, 0.1) is 23.8 Å². The number of fused-ring (bicyclic) bond motifs is 1. The van der Waals surface area contributed by atoms with Crippen molar-refractivity contribution in [3.63, 3.8) is 0 Å². The van der Waals surface area contributed by atoms with E-state index in [1.54, 1.807) is 34.1 Å². The summed E-state index contributed by atoms with van der Waals surface area (Å²) in [7, 11) is 1.86. The quantitative estimate of drug-likeness (QED) is 0.746. The molecule has 0 aliphatic carbocycles. The number of rotatable bonds is 4. The van der Waals surface area contributed by atoms with Gasteiger partial charge in [0.15, 0.2) is 0 Å². The fourth-order valence-electron chi connectivity index (χ4n) is 3.29. The summed E-state index contributed by atoms with van der Waals surface area (Å²) in [6.07, 6.45) is 7.00. The van der Waals surface area contributed by atoms with Crippen LogP contribution in [0, 0.1) is 0 Å². The van der Waals surface area contributed by atoms with Crippen molar-refractivity contribution in [2.75, 3.05) is 11.9 Å². The second kappa shape index (κ2) is 7.10. The maximum Gasteiger partial charge on any atom is 0.255 e. The Kier molecular flexibility index (Phi) is 4.49. The van der Waals surface area contributed by atoms with E-state index in [-0.39, 0.29) is 11.9 Å². The largest absolute Gasteiger partial charge is 0.360 e. The van der Waals surface area contributed by atoms with Crippen molar-refractivity contribution in [1.82, 2.24) is 34.6 Å². The normalized spacial score (nSPS) is 14.5. The molecule has 1 N–H and O–H groups in total. The Morgan fingerprint density at radius 2 is 2.15 bits per heavy atom. The average Bonchev–Trinajstić information content (AvgIpc) is 3.14. The highest BCUT2D eigenvalue weighted by molar-refractivity contribution is 5.94. The number of aryl methyl sites for hydroxylation is 1. The van der Waals surface area contributed by atoms with E-state index in [1.807, 2.05) is 14.0 Å². The zero-order chi connectivity index (χ0) is 18.8. The first-order valence-electron chi connectivity index (χ1n) is 8.76. The summed E-state index contributed by atoms with van der Waals surface area (Å²) in [5, 5.41) is 7.51. The Bertz CT molecular complexity index is 955. The Labute approximate surface area is 156 Å². The lowest BCUT2D eigenvalue weighted by molar-refractivity contribution is 0.0731. The van der Waals surface area contributed by atoms with Crippen molar-refractivity contribution in [2.45, 2.75) is 25.9 Å². The van der Waals surface area contributed by atoms with Crippen LogP contribution in [0.15, 0.2) is 37.2 Å². The summed E-state index contributed by atoms with van der Waals surface area (Å²) in [6, 6.07) is 3.50. The van der Waals surface area contributed by atoms with Crippen molar-refractivity contribution in [2.24, 2.45) is 7.05 Å². The molecule has 1 amide bonds. The molecule has 0 saturated heterocycles. The Balaban J connectivity index is 1.53. The number of anilines is 1. The van der Waals surface area contributed by atoms with E-state index in [4.69, 9.17) is 0 Å². The van der Waals surface area contributed by atoms with Gasteiger partial charge in [-0.2, -0.15) is 5.10 Å². The average molecular weight is 364 g/mol. The summed E-state index contributed by atoms with van der Waals surface area (Å²) in [6.45, 7) is 3.08. The van der Waals surface area contributed by atoms with Gasteiger partial charge in [-0.25, -0.2) is 15.0 Å². The molecular weight excluding hydrogens is 344 g/mol. The van der Waals surface area contributed by atoms with Gasteiger partial charge in [-0.3, -0.25) is 14.5 Å². The van der Waals surface area contributed by atoms with Crippen LogP contribution in [-0.2, 0) is 20.0 Å². The molecule has 4 heterocycles. The number of nitrogens with one attached hydrogen (secondary N) is 1. The summed E-state index contributed by atoms with van der Waals surface area (Å²) >= 11 is 0. The molecule has 0 saturated carbocycles. The number of carbonyl (C=O) groups excluding carboxylic acids is 1.